The van der Waals surface area contributed by atoms with Crippen LogP contribution in [0.15, 0.2) is 0 Å². The van der Waals surface area contributed by atoms with Crippen LogP contribution in [0, 0.1) is 5.92 Å². The molecule has 0 aromatic rings. The topological polar surface area (TPSA) is 121 Å². The molecule has 7 nitrogen and oxygen atoms in total. The number of hydrogen-bond donors (Lipinski definition) is 1. The molecule has 0 amide bonds. The van der Waals surface area contributed by atoms with Crippen LogP contribution < -0.4 is 56.5 Å². The van der Waals surface area contributed by atoms with Gasteiger partial charge in [0, 0.05) is 12.4 Å². The summed E-state index contributed by atoms with van der Waals surface area (Å²) >= 11 is 0. The Bertz CT molecular complexity index is 421. The Morgan fingerprint density at radius 2 is 1.86 bits per heavy atom. The maximum atomic E-state index is 11.6. The van der Waals surface area contributed by atoms with E-state index in [9.17, 15) is 23.1 Å². The van der Waals surface area contributed by atoms with Crippen molar-refractivity contribution in [3.05, 3.63) is 0 Å². The molecular weight excluding hydrogens is 327 g/mol. The first-order valence-corrected chi connectivity index (χ1v) is 8.05. The molecule has 21 heavy (non-hydrogen) atoms. The molecule has 0 rings (SSSR count). The molecule has 2 atom stereocenters. The van der Waals surface area contributed by atoms with Gasteiger partial charge >= 0.3 is 57.4 Å². The summed E-state index contributed by atoms with van der Waals surface area (Å²) in [7, 11) is -4.83. The molecule has 0 aliphatic heterocycles. The van der Waals surface area contributed by atoms with E-state index in [1.165, 1.54) is 0 Å². The van der Waals surface area contributed by atoms with E-state index in [2.05, 4.69) is 0 Å². The van der Waals surface area contributed by atoms with E-state index in [-0.39, 0.29) is 63.9 Å². The van der Waals surface area contributed by atoms with Crippen LogP contribution in [0.2, 0.25) is 0 Å². The van der Waals surface area contributed by atoms with Crippen LogP contribution in [-0.4, -0.2) is 36.8 Å². The number of carboxylic acids is 1. The molecule has 2 unspecified atom stereocenters. The van der Waals surface area contributed by atoms with Crippen LogP contribution in [0.4, 0.5) is 0 Å². The summed E-state index contributed by atoms with van der Waals surface area (Å²) in [6, 6.07) is 0. The van der Waals surface area contributed by atoms with Gasteiger partial charge in [-0.2, -0.15) is 8.42 Å². The number of esters is 1. The molecule has 1 N–H and O–H groups in total. The Labute approximate surface area is 168 Å². The van der Waals surface area contributed by atoms with Crippen LogP contribution in [0.25, 0.3) is 0 Å². The number of hydrogen-bond acceptors (Lipinski definition) is 6. The Morgan fingerprint density at radius 1 is 1.29 bits per heavy atom. The molecule has 0 aromatic carbocycles. The minimum atomic E-state index is -4.83. The number of unbranched alkanes of at least 4 members (excludes halogenated alkanes) is 1. The molecule has 0 spiro atoms. The molecule has 0 aliphatic rings. The summed E-state index contributed by atoms with van der Waals surface area (Å²) in [6.45, 7) is 3.94. The Morgan fingerprint density at radius 3 is 2.24 bits per heavy atom. The monoisotopic (exact) mass is 348 g/mol. The largest absolute Gasteiger partial charge is 1.00 e. The van der Waals surface area contributed by atoms with Gasteiger partial charge < -0.3 is 14.6 Å². The van der Waals surface area contributed by atoms with Crippen LogP contribution in [0.3, 0.4) is 0 Å². The second-order valence-corrected chi connectivity index (χ2v) is 6.23. The first-order chi connectivity index (χ1) is 9.22. The first kappa shape index (κ1) is 23.7. The number of ether oxygens (including phenoxy) is 1. The number of carboxylic acid groups (broad SMARTS) is 1. The van der Waals surface area contributed by atoms with Crippen LogP contribution in [0.5, 0.6) is 0 Å². The molecule has 0 radical (unpaired) electrons. The second kappa shape index (κ2) is 12.0. The predicted molar refractivity (Wildman–Crippen MR) is 69.2 cm³/mol. The van der Waals surface area contributed by atoms with E-state index in [0.29, 0.717) is 0 Å². The van der Waals surface area contributed by atoms with Crippen LogP contribution in [-0.2, 0) is 24.4 Å². The zero-order valence-corrected chi connectivity index (χ0v) is 16.6. The molecular formula is C12H21KO7S. The number of aliphatic carboxylic acids is 1. The number of carbonyl (C=O) groups is 2. The maximum absolute atomic E-state index is 11.6. The molecule has 0 heterocycles. The summed E-state index contributed by atoms with van der Waals surface area (Å²) in [5.74, 6) is -2.92. The molecule has 9 heteroatoms. The van der Waals surface area contributed by atoms with Gasteiger partial charge in [-0.3, -0.25) is 9.35 Å². The fourth-order valence-corrected chi connectivity index (χ4v) is 2.31. The molecule has 0 aliphatic carbocycles. The molecule has 0 fully saturated rings. The normalized spacial score (nSPS) is 13.9. The molecule has 0 saturated carbocycles. The van der Waals surface area contributed by atoms with E-state index < -0.39 is 33.7 Å². The van der Waals surface area contributed by atoms with Gasteiger partial charge in [0.25, 0.3) is 10.1 Å². The van der Waals surface area contributed by atoms with Gasteiger partial charge in [-0.15, -0.1) is 0 Å². The van der Waals surface area contributed by atoms with Crippen molar-refractivity contribution in [1.29, 1.82) is 0 Å². The van der Waals surface area contributed by atoms with Crippen molar-refractivity contribution in [2.24, 2.45) is 5.92 Å². The van der Waals surface area contributed by atoms with Crippen molar-refractivity contribution >= 4 is 22.1 Å². The van der Waals surface area contributed by atoms with E-state index in [4.69, 9.17) is 9.29 Å². The van der Waals surface area contributed by atoms with Crippen molar-refractivity contribution in [3.8, 4) is 0 Å². The summed E-state index contributed by atoms with van der Waals surface area (Å²) in [4.78, 5) is 22.0. The molecule has 0 aromatic heterocycles. The quantitative estimate of drug-likeness (QED) is 0.256. The average Bonchev–Trinajstić information content (AvgIpc) is 2.34. The molecule has 118 valence electrons. The summed E-state index contributed by atoms with van der Waals surface area (Å²) < 4.78 is 35.6. The van der Waals surface area contributed by atoms with E-state index in [1.54, 1.807) is 0 Å². The zero-order valence-electron chi connectivity index (χ0n) is 12.7. The van der Waals surface area contributed by atoms with Gasteiger partial charge in [-0.05, 0) is 12.3 Å². The van der Waals surface area contributed by atoms with Crippen molar-refractivity contribution < 1.29 is 83.8 Å². The molecule has 0 saturated heterocycles. The van der Waals surface area contributed by atoms with Gasteiger partial charge in [0.1, 0.15) is 0 Å². The van der Waals surface area contributed by atoms with Crippen LogP contribution in [0.1, 0.15) is 46.0 Å². The average molecular weight is 348 g/mol. The van der Waals surface area contributed by atoms with E-state index in [0.717, 1.165) is 25.7 Å². The third-order valence-corrected chi connectivity index (χ3v) is 4.06. The van der Waals surface area contributed by atoms with Gasteiger partial charge in [0.2, 0.25) is 0 Å². The van der Waals surface area contributed by atoms with E-state index >= 15 is 0 Å². The second-order valence-electron chi connectivity index (χ2n) is 4.63. The van der Waals surface area contributed by atoms with Crippen LogP contribution >= 0.6 is 0 Å². The van der Waals surface area contributed by atoms with Crippen molar-refractivity contribution in [1.82, 2.24) is 0 Å². The smallest absolute Gasteiger partial charge is 0.550 e. The van der Waals surface area contributed by atoms with Gasteiger partial charge in [0.05, 0.1) is 6.61 Å². The molecule has 0 bridgehead atoms. The maximum Gasteiger partial charge on any atom is 1.00 e. The van der Waals surface area contributed by atoms with Crippen molar-refractivity contribution in [2.75, 3.05) is 6.61 Å². The third kappa shape index (κ3) is 10.8. The Balaban J connectivity index is 0. The number of rotatable bonds is 10. The fourth-order valence-electron chi connectivity index (χ4n) is 1.65. The van der Waals surface area contributed by atoms with Gasteiger partial charge in [0.15, 0.2) is 5.25 Å². The van der Waals surface area contributed by atoms with Gasteiger partial charge in [-0.1, -0.05) is 33.1 Å². The minimum Gasteiger partial charge on any atom is -0.550 e. The van der Waals surface area contributed by atoms with Crippen molar-refractivity contribution in [2.45, 2.75) is 51.2 Å². The Hall–Kier alpha value is 0.486. The Kier molecular flexibility index (Phi) is 13.5. The summed E-state index contributed by atoms with van der Waals surface area (Å²) in [6.07, 6.45) is 2.41. The summed E-state index contributed by atoms with van der Waals surface area (Å²) in [5, 5.41) is 8.27. The standard InChI is InChI=1S/C12H22O7S.K/c1-3-5-6-9(4-2)8-19-12(15)10(7-11(13)14)20(16,17)18;/h9-10H,3-8H2,1-2H3,(H,13,14)(H,16,17,18);/q;+1/p-1. The zero-order chi connectivity index (χ0) is 15.8. The van der Waals surface area contributed by atoms with E-state index in [1.807, 2.05) is 13.8 Å². The third-order valence-electron chi connectivity index (χ3n) is 2.98. The van der Waals surface area contributed by atoms with Gasteiger partial charge in [-0.25, -0.2) is 0 Å². The SMILES string of the molecule is CCCCC(CC)COC(=O)C(CC(=O)[O-])S(=O)(=O)O.[K+]. The minimum absolute atomic E-state index is 0. The number of carbonyl (C=O) groups excluding carboxylic acids is 2. The first-order valence-electron chi connectivity index (χ1n) is 6.55. The summed E-state index contributed by atoms with van der Waals surface area (Å²) in [5.41, 5.74) is 0. The predicted octanol–water partition coefficient (Wildman–Crippen LogP) is -2.85. The van der Waals surface area contributed by atoms with Crippen molar-refractivity contribution in [3.63, 3.8) is 0 Å². The fraction of sp³-hybridized carbons (Fsp3) is 0.833.